The highest BCUT2D eigenvalue weighted by Gasteiger charge is 2.33. The number of halogens is 4. The van der Waals surface area contributed by atoms with Crippen LogP contribution < -0.4 is 10.2 Å². The Morgan fingerprint density at radius 1 is 1.29 bits per heavy atom. The average molecular weight is 419 g/mol. The van der Waals surface area contributed by atoms with E-state index >= 15 is 0 Å². The smallest absolute Gasteiger partial charge is 0.355 e. The fourth-order valence-electron chi connectivity index (χ4n) is 4.08. The molecule has 1 amide bonds. The Labute approximate surface area is 168 Å². The molecule has 0 radical (unpaired) electrons. The Morgan fingerprint density at radius 2 is 1.93 bits per heavy atom. The number of carbonyl (C=O) groups is 1. The first-order chi connectivity index (χ1) is 13.3. The number of hydrogen-bond donors (Lipinski definition) is 1. The molecule has 1 aromatic rings. The normalized spacial score (nSPS) is 19.7. The minimum Gasteiger partial charge on any atom is -0.355 e. The van der Waals surface area contributed by atoms with Crippen LogP contribution in [0, 0.1) is 5.92 Å². The van der Waals surface area contributed by atoms with Crippen molar-refractivity contribution in [1.29, 1.82) is 0 Å². The number of anilines is 1. The number of alkyl halides is 3. The molecule has 0 aliphatic carbocycles. The summed E-state index contributed by atoms with van der Waals surface area (Å²) >= 11 is 6.07. The lowest BCUT2D eigenvalue weighted by Crippen LogP contribution is -2.49. The van der Waals surface area contributed by atoms with Gasteiger partial charge in [0.1, 0.15) is 5.82 Å². The van der Waals surface area contributed by atoms with Crippen LogP contribution >= 0.6 is 11.6 Å². The number of nitrogens with zero attached hydrogens (tertiary/aromatic N) is 3. The van der Waals surface area contributed by atoms with Gasteiger partial charge in [0.05, 0.1) is 10.6 Å². The first-order valence-corrected chi connectivity index (χ1v) is 10.1. The molecular weight excluding hydrogens is 393 g/mol. The monoisotopic (exact) mass is 418 g/mol. The molecule has 3 heterocycles. The molecule has 28 heavy (non-hydrogen) atoms. The molecule has 0 atom stereocenters. The summed E-state index contributed by atoms with van der Waals surface area (Å²) in [6.45, 7) is 5.60. The summed E-state index contributed by atoms with van der Waals surface area (Å²) in [6.07, 6.45) is 0.0274. The number of piperidine rings is 2. The quantitative estimate of drug-likeness (QED) is 0.812. The molecule has 0 saturated carbocycles. The van der Waals surface area contributed by atoms with Gasteiger partial charge in [0, 0.05) is 38.8 Å². The van der Waals surface area contributed by atoms with E-state index in [2.05, 4.69) is 10.3 Å². The van der Waals surface area contributed by atoms with E-state index in [0.29, 0.717) is 24.8 Å². The molecule has 3 rings (SSSR count). The molecule has 0 bridgehead atoms. The van der Waals surface area contributed by atoms with Gasteiger partial charge in [-0.15, -0.1) is 0 Å². The summed E-state index contributed by atoms with van der Waals surface area (Å²) in [4.78, 5) is 20.0. The zero-order valence-electron chi connectivity index (χ0n) is 15.9. The lowest BCUT2D eigenvalue weighted by atomic mass is 9.95. The van der Waals surface area contributed by atoms with Crippen LogP contribution in [0.3, 0.4) is 0 Å². The van der Waals surface area contributed by atoms with E-state index in [9.17, 15) is 18.0 Å². The summed E-state index contributed by atoms with van der Waals surface area (Å²) in [7, 11) is 0. The molecule has 2 saturated heterocycles. The highest BCUT2D eigenvalue weighted by Crippen LogP contribution is 2.34. The van der Waals surface area contributed by atoms with Crippen LogP contribution in [0.2, 0.25) is 5.02 Å². The third-order valence-electron chi connectivity index (χ3n) is 5.67. The van der Waals surface area contributed by atoms with Crippen molar-refractivity contribution in [3.63, 3.8) is 0 Å². The van der Waals surface area contributed by atoms with Crippen LogP contribution in [0.4, 0.5) is 19.0 Å². The Kier molecular flexibility index (Phi) is 6.70. The summed E-state index contributed by atoms with van der Waals surface area (Å²) in [5.74, 6) is 0.984. The Hall–Kier alpha value is -1.54. The maximum Gasteiger partial charge on any atom is 0.417 e. The molecular formula is C19H26ClF3N4O. The molecule has 2 aliphatic heterocycles. The van der Waals surface area contributed by atoms with E-state index in [1.165, 1.54) is 0 Å². The maximum absolute atomic E-state index is 12.8. The van der Waals surface area contributed by atoms with Crippen LogP contribution in [0.25, 0.3) is 0 Å². The van der Waals surface area contributed by atoms with E-state index in [0.717, 1.165) is 57.6 Å². The molecule has 2 aliphatic rings. The van der Waals surface area contributed by atoms with Crippen molar-refractivity contribution in [3.8, 4) is 0 Å². The van der Waals surface area contributed by atoms with Crippen LogP contribution in [-0.4, -0.2) is 54.6 Å². The van der Waals surface area contributed by atoms with Crippen molar-refractivity contribution in [1.82, 2.24) is 15.2 Å². The van der Waals surface area contributed by atoms with E-state index < -0.39 is 11.7 Å². The van der Waals surface area contributed by atoms with Gasteiger partial charge in [0.15, 0.2) is 0 Å². The molecule has 0 aromatic carbocycles. The predicted octanol–water partition coefficient (Wildman–Crippen LogP) is 3.57. The summed E-state index contributed by atoms with van der Waals surface area (Å²) in [5, 5.41) is 3.35. The largest absolute Gasteiger partial charge is 0.417 e. The molecule has 9 heteroatoms. The van der Waals surface area contributed by atoms with E-state index in [-0.39, 0.29) is 17.0 Å². The molecule has 5 nitrogen and oxygen atoms in total. The fourth-order valence-corrected chi connectivity index (χ4v) is 4.37. The van der Waals surface area contributed by atoms with Crippen LogP contribution in [0.15, 0.2) is 12.3 Å². The number of hydrogen-bond acceptors (Lipinski definition) is 4. The second-order valence-corrected chi connectivity index (χ2v) is 8.02. The number of aromatic nitrogens is 1. The van der Waals surface area contributed by atoms with Crippen LogP contribution in [-0.2, 0) is 11.0 Å². The van der Waals surface area contributed by atoms with Gasteiger partial charge in [-0.25, -0.2) is 4.98 Å². The summed E-state index contributed by atoms with van der Waals surface area (Å²) in [6, 6.07) is 1.08. The zero-order valence-corrected chi connectivity index (χ0v) is 16.7. The zero-order chi connectivity index (χ0) is 20.3. The van der Waals surface area contributed by atoms with Gasteiger partial charge in [-0.05, 0) is 50.8 Å². The Balaban J connectivity index is 1.62. The lowest BCUT2D eigenvalue weighted by Gasteiger charge is -2.40. The third kappa shape index (κ3) is 5.08. The van der Waals surface area contributed by atoms with Crippen molar-refractivity contribution in [2.45, 2.75) is 44.8 Å². The summed E-state index contributed by atoms with van der Waals surface area (Å²) in [5.41, 5.74) is -0.846. The van der Waals surface area contributed by atoms with E-state index in [4.69, 9.17) is 11.6 Å². The standard InChI is InChI=1S/C19H26ClF3N4O/c1-13(28)27(12-14-2-6-24-7-3-14)16-4-8-26(9-5-16)18-17(20)10-15(11-25-18)19(21,22)23/h10-11,14,16,24H,2-9,12H2,1H3. The molecule has 1 aromatic heterocycles. The first-order valence-electron chi connectivity index (χ1n) is 9.71. The van der Waals surface area contributed by atoms with Crippen molar-refractivity contribution >= 4 is 23.3 Å². The lowest BCUT2D eigenvalue weighted by molar-refractivity contribution is -0.137. The van der Waals surface area contributed by atoms with Crippen molar-refractivity contribution in [2.75, 3.05) is 37.6 Å². The van der Waals surface area contributed by atoms with Gasteiger partial charge in [-0.3, -0.25) is 4.79 Å². The molecule has 2 fully saturated rings. The molecule has 1 N–H and O–H groups in total. The minimum absolute atomic E-state index is 0.00593. The van der Waals surface area contributed by atoms with E-state index in [1.54, 1.807) is 6.92 Å². The van der Waals surface area contributed by atoms with Gasteiger partial charge < -0.3 is 15.1 Å². The average Bonchev–Trinajstić information content (AvgIpc) is 2.66. The third-order valence-corrected chi connectivity index (χ3v) is 5.95. The highest BCUT2D eigenvalue weighted by molar-refractivity contribution is 6.33. The first kappa shape index (κ1) is 21.2. The van der Waals surface area contributed by atoms with Gasteiger partial charge in [0.2, 0.25) is 5.91 Å². The fraction of sp³-hybridized carbons (Fsp3) is 0.684. The Morgan fingerprint density at radius 3 is 2.46 bits per heavy atom. The van der Waals surface area contributed by atoms with Crippen molar-refractivity contribution in [3.05, 3.63) is 22.8 Å². The topological polar surface area (TPSA) is 48.5 Å². The number of nitrogens with one attached hydrogen (secondary N) is 1. The maximum atomic E-state index is 12.8. The van der Waals surface area contributed by atoms with Gasteiger partial charge in [-0.1, -0.05) is 11.6 Å². The number of carbonyl (C=O) groups excluding carboxylic acids is 1. The van der Waals surface area contributed by atoms with Crippen LogP contribution in [0.5, 0.6) is 0 Å². The van der Waals surface area contributed by atoms with E-state index in [1.807, 2.05) is 9.80 Å². The summed E-state index contributed by atoms with van der Waals surface area (Å²) < 4.78 is 38.4. The van der Waals surface area contributed by atoms with Crippen LogP contribution in [0.1, 0.15) is 38.2 Å². The van der Waals surface area contributed by atoms with Gasteiger partial charge >= 0.3 is 6.18 Å². The number of pyridine rings is 1. The predicted molar refractivity (Wildman–Crippen MR) is 102 cm³/mol. The number of rotatable bonds is 4. The minimum atomic E-state index is -4.46. The second kappa shape index (κ2) is 8.86. The second-order valence-electron chi connectivity index (χ2n) is 7.61. The van der Waals surface area contributed by atoms with Gasteiger partial charge in [0.25, 0.3) is 0 Å². The SMILES string of the molecule is CC(=O)N(CC1CCNCC1)C1CCN(c2ncc(C(F)(F)F)cc2Cl)CC1. The van der Waals surface area contributed by atoms with Crippen molar-refractivity contribution in [2.24, 2.45) is 5.92 Å². The molecule has 0 spiro atoms. The molecule has 156 valence electrons. The molecule has 0 unspecified atom stereocenters. The van der Waals surface area contributed by atoms with Gasteiger partial charge in [-0.2, -0.15) is 13.2 Å². The highest BCUT2D eigenvalue weighted by atomic mass is 35.5. The van der Waals surface area contributed by atoms with Crippen molar-refractivity contribution < 1.29 is 18.0 Å². The Bertz CT molecular complexity index is 686. The number of amides is 1.